The average Bonchev–Trinajstić information content (AvgIpc) is 2.25. The maximum absolute atomic E-state index is 12.9. The summed E-state index contributed by atoms with van der Waals surface area (Å²) in [4.78, 5) is 0. The Morgan fingerprint density at radius 1 is 1.18 bits per heavy atom. The molecule has 0 spiro atoms. The fraction of sp³-hybridized carbons (Fsp3) is 0.455. The number of halogens is 4. The molecule has 0 aliphatic heterocycles. The lowest BCUT2D eigenvalue weighted by Gasteiger charge is -2.11. The van der Waals surface area contributed by atoms with Crippen molar-refractivity contribution in [3.05, 3.63) is 29.6 Å². The predicted octanol–water partition coefficient (Wildman–Crippen LogP) is 3.93. The van der Waals surface area contributed by atoms with Gasteiger partial charge in [0.25, 0.3) is 0 Å². The SMILES string of the molecule is Fc1ccc(OCCCCS)cc1C(F)(F)F. The molecule has 0 atom stereocenters. The van der Waals surface area contributed by atoms with Gasteiger partial charge in [0.15, 0.2) is 0 Å². The van der Waals surface area contributed by atoms with E-state index in [4.69, 9.17) is 4.74 Å². The van der Waals surface area contributed by atoms with Gasteiger partial charge in [0, 0.05) is 0 Å². The van der Waals surface area contributed by atoms with E-state index in [0.29, 0.717) is 24.8 Å². The van der Waals surface area contributed by atoms with Crippen molar-refractivity contribution in [2.45, 2.75) is 19.0 Å². The third-order valence-corrected chi connectivity index (χ3v) is 2.38. The Balaban J connectivity index is 2.69. The van der Waals surface area contributed by atoms with Crippen LogP contribution in [0.25, 0.3) is 0 Å². The van der Waals surface area contributed by atoms with Gasteiger partial charge in [-0.2, -0.15) is 25.8 Å². The molecule has 0 amide bonds. The van der Waals surface area contributed by atoms with Crippen LogP contribution >= 0.6 is 12.6 Å². The lowest BCUT2D eigenvalue weighted by atomic mass is 10.2. The second-order valence-corrected chi connectivity index (χ2v) is 3.87. The van der Waals surface area contributed by atoms with Gasteiger partial charge in [0.05, 0.1) is 12.2 Å². The van der Waals surface area contributed by atoms with E-state index in [9.17, 15) is 17.6 Å². The number of benzene rings is 1. The lowest BCUT2D eigenvalue weighted by molar-refractivity contribution is -0.140. The molecule has 17 heavy (non-hydrogen) atoms. The molecule has 1 rings (SSSR count). The number of hydrogen-bond donors (Lipinski definition) is 1. The van der Waals surface area contributed by atoms with E-state index in [1.54, 1.807) is 0 Å². The van der Waals surface area contributed by atoms with Crippen LogP contribution in [0.15, 0.2) is 18.2 Å². The van der Waals surface area contributed by atoms with Gasteiger partial charge < -0.3 is 4.74 Å². The zero-order valence-electron chi connectivity index (χ0n) is 8.93. The topological polar surface area (TPSA) is 9.23 Å². The largest absolute Gasteiger partial charge is 0.494 e. The maximum atomic E-state index is 12.9. The van der Waals surface area contributed by atoms with E-state index in [2.05, 4.69) is 12.6 Å². The summed E-state index contributed by atoms with van der Waals surface area (Å²) in [5.74, 6) is -0.571. The van der Waals surface area contributed by atoms with Crippen molar-refractivity contribution >= 4 is 12.6 Å². The summed E-state index contributed by atoms with van der Waals surface area (Å²) < 4.78 is 55.1. The Hall–Kier alpha value is -0.910. The van der Waals surface area contributed by atoms with Crippen molar-refractivity contribution in [2.24, 2.45) is 0 Å². The molecule has 1 nitrogen and oxygen atoms in total. The standard InChI is InChI=1S/C11H12F4OS/c12-10-4-3-8(16-5-1-2-6-17)7-9(10)11(13,14)15/h3-4,7,17H,1-2,5-6H2. The first-order valence-corrected chi connectivity index (χ1v) is 5.69. The molecule has 0 heterocycles. The van der Waals surface area contributed by atoms with Crippen LogP contribution in [-0.2, 0) is 6.18 Å². The highest BCUT2D eigenvalue weighted by Crippen LogP contribution is 2.33. The normalized spacial score (nSPS) is 11.6. The van der Waals surface area contributed by atoms with Crippen molar-refractivity contribution in [3.8, 4) is 5.75 Å². The highest BCUT2D eigenvalue weighted by molar-refractivity contribution is 7.80. The minimum absolute atomic E-state index is 0.0258. The fourth-order valence-corrected chi connectivity index (χ4v) is 1.44. The van der Waals surface area contributed by atoms with Gasteiger partial charge in [-0.1, -0.05) is 0 Å². The van der Waals surface area contributed by atoms with Crippen molar-refractivity contribution in [1.29, 1.82) is 0 Å². The molecular formula is C11H12F4OS. The molecule has 1 aromatic carbocycles. The summed E-state index contributed by atoms with van der Waals surface area (Å²) in [7, 11) is 0. The molecule has 0 N–H and O–H groups in total. The number of thiol groups is 1. The van der Waals surface area contributed by atoms with Crippen LogP contribution in [0, 0.1) is 5.82 Å². The van der Waals surface area contributed by atoms with Gasteiger partial charge in [-0.3, -0.25) is 0 Å². The van der Waals surface area contributed by atoms with Crippen molar-refractivity contribution in [2.75, 3.05) is 12.4 Å². The molecule has 0 aromatic heterocycles. The van der Waals surface area contributed by atoms with Gasteiger partial charge in [-0.25, -0.2) is 4.39 Å². The van der Waals surface area contributed by atoms with Crippen LogP contribution < -0.4 is 4.74 Å². The number of hydrogen-bond acceptors (Lipinski definition) is 2. The van der Waals surface area contributed by atoms with Crippen molar-refractivity contribution < 1.29 is 22.3 Å². The van der Waals surface area contributed by atoms with E-state index in [0.717, 1.165) is 12.5 Å². The Morgan fingerprint density at radius 2 is 1.88 bits per heavy atom. The first kappa shape index (κ1) is 14.2. The predicted molar refractivity (Wildman–Crippen MR) is 60.0 cm³/mol. The first-order valence-electron chi connectivity index (χ1n) is 5.05. The van der Waals surface area contributed by atoms with Crippen LogP contribution in [0.4, 0.5) is 17.6 Å². The highest BCUT2D eigenvalue weighted by Gasteiger charge is 2.34. The molecule has 0 bridgehead atoms. The summed E-state index contributed by atoms with van der Waals surface area (Å²) >= 11 is 3.99. The lowest BCUT2D eigenvalue weighted by Crippen LogP contribution is -2.08. The first-order chi connectivity index (χ1) is 7.95. The molecule has 0 radical (unpaired) electrons. The minimum atomic E-state index is -4.70. The number of unbranched alkanes of at least 4 members (excludes halogenated alkanes) is 1. The van der Waals surface area contributed by atoms with E-state index in [-0.39, 0.29) is 5.75 Å². The summed E-state index contributed by atoms with van der Waals surface area (Å²) in [5, 5.41) is 0. The summed E-state index contributed by atoms with van der Waals surface area (Å²) in [5.41, 5.74) is -1.30. The quantitative estimate of drug-likeness (QED) is 0.483. The molecule has 0 fully saturated rings. The Bertz CT molecular complexity index is 365. The third-order valence-electron chi connectivity index (χ3n) is 2.06. The molecule has 0 saturated carbocycles. The molecule has 0 unspecified atom stereocenters. The van der Waals surface area contributed by atoms with Gasteiger partial charge in [0.1, 0.15) is 11.6 Å². The zero-order chi connectivity index (χ0) is 12.9. The van der Waals surface area contributed by atoms with Gasteiger partial charge in [-0.15, -0.1) is 0 Å². The third kappa shape index (κ3) is 4.46. The fourth-order valence-electron chi connectivity index (χ4n) is 1.22. The van der Waals surface area contributed by atoms with E-state index in [1.807, 2.05) is 0 Å². The Labute approximate surface area is 102 Å². The maximum Gasteiger partial charge on any atom is 0.419 e. The summed E-state index contributed by atoms with van der Waals surface area (Å²) in [6.45, 7) is 0.295. The van der Waals surface area contributed by atoms with Gasteiger partial charge >= 0.3 is 6.18 Å². The molecule has 96 valence electrons. The number of rotatable bonds is 5. The molecule has 6 heteroatoms. The molecule has 0 aliphatic carbocycles. The van der Waals surface area contributed by atoms with Crippen LogP contribution in [0.5, 0.6) is 5.75 Å². The van der Waals surface area contributed by atoms with Crippen LogP contribution in [0.1, 0.15) is 18.4 Å². The molecule has 1 aromatic rings. The van der Waals surface area contributed by atoms with E-state index < -0.39 is 17.6 Å². The monoisotopic (exact) mass is 268 g/mol. The van der Waals surface area contributed by atoms with Crippen molar-refractivity contribution in [1.82, 2.24) is 0 Å². The smallest absolute Gasteiger partial charge is 0.419 e. The van der Waals surface area contributed by atoms with E-state index >= 15 is 0 Å². The molecule has 0 saturated heterocycles. The number of ether oxygens (including phenoxy) is 1. The van der Waals surface area contributed by atoms with Crippen LogP contribution in [-0.4, -0.2) is 12.4 Å². The molecule has 0 aliphatic rings. The highest BCUT2D eigenvalue weighted by atomic mass is 32.1. The second-order valence-electron chi connectivity index (χ2n) is 3.42. The Kier molecular flexibility index (Phi) is 5.11. The van der Waals surface area contributed by atoms with Crippen LogP contribution in [0.2, 0.25) is 0 Å². The number of alkyl halides is 3. The van der Waals surface area contributed by atoms with Crippen molar-refractivity contribution in [3.63, 3.8) is 0 Å². The Morgan fingerprint density at radius 3 is 2.47 bits per heavy atom. The zero-order valence-corrected chi connectivity index (χ0v) is 9.82. The minimum Gasteiger partial charge on any atom is -0.494 e. The summed E-state index contributed by atoms with van der Waals surface area (Å²) in [6.07, 6.45) is -3.19. The average molecular weight is 268 g/mol. The van der Waals surface area contributed by atoms with Gasteiger partial charge in [0.2, 0.25) is 0 Å². The second kappa shape index (κ2) is 6.14. The van der Waals surface area contributed by atoms with Gasteiger partial charge in [-0.05, 0) is 36.8 Å². The van der Waals surface area contributed by atoms with E-state index in [1.165, 1.54) is 6.07 Å². The van der Waals surface area contributed by atoms with Crippen LogP contribution in [0.3, 0.4) is 0 Å². The summed E-state index contributed by atoms with van der Waals surface area (Å²) in [6, 6.07) is 2.62. The molecular weight excluding hydrogens is 256 g/mol.